The lowest BCUT2D eigenvalue weighted by atomic mass is 10.1. The van der Waals surface area contributed by atoms with Gasteiger partial charge in [-0.2, -0.15) is 0 Å². The van der Waals surface area contributed by atoms with Crippen molar-refractivity contribution in [1.29, 1.82) is 0 Å². The average Bonchev–Trinajstić information content (AvgIpc) is 3.07. The van der Waals surface area contributed by atoms with Crippen molar-refractivity contribution in [3.05, 3.63) is 64.7 Å². The van der Waals surface area contributed by atoms with E-state index in [0.29, 0.717) is 5.92 Å². The van der Waals surface area contributed by atoms with Gasteiger partial charge in [0.25, 0.3) is 0 Å². The minimum Gasteiger partial charge on any atom is -0.338 e. The summed E-state index contributed by atoms with van der Waals surface area (Å²) in [5.74, 6) is 0.518. The van der Waals surface area contributed by atoms with E-state index in [1.54, 1.807) is 0 Å². The lowest BCUT2D eigenvalue weighted by molar-refractivity contribution is 0.249. The highest BCUT2D eigenvalue weighted by molar-refractivity contribution is 5.90. The first kappa shape index (κ1) is 18.5. The minimum absolute atomic E-state index is 0.115. The van der Waals surface area contributed by atoms with Crippen molar-refractivity contribution in [2.45, 2.75) is 33.7 Å². The zero-order valence-corrected chi connectivity index (χ0v) is 16.0. The van der Waals surface area contributed by atoms with Crippen LogP contribution in [0, 0.1) is 26.7 Å². The lowest BCUT2D eigenvalue weighted by Gasteiger charge is -2.17. The normalized spacial score (nSPS) is 17.3. The number of carbonyl (C=O) groups is 1. The van der Waals surface area contributed by atoms with Gasteiger partial charge in [0.2, 0.25) is 0 Å². The number of aryl methyl sites for hydroxylation is 2. The topological polar surface area (TPSA) is 44.4 Å². The van der Waals surface area contributed by atoms with E-state index >= 15 is 0 Å². The largest absolute Gasteiger partial charge is 0.338 e. The minimum atomic E-state index is -0.115. The molecule has 138 valence electrons. The van der Waals surface area contributed by atoms with Crippen LogP contribution in [-0.4, -0.2) is 30.6 Å². The van der Waals surface area contributed by atoms with Crippen molar-refractivity contribution >= 4 is 11.7 Å². The van der Waals surface area contributed by atoms with Gasteiger partial charge in [0, 0.05) is 25.3 Å². The van der Waals surface area contributed by atoms with E-state index in [1.807, 2.05) is 19.1 Å². The molecule has 0 unspecified atom stereocenters. The summed E-state index contributed by atoms with van der Waals surface area (Å²) in [4.78, 5) is 14.7. The molecule has 0 spiro atoms. The van der Waals surface area contributed by atoms with Gasteiger partial charge in [-0.1, -0.05) is 42.0 Å². The van der Waals surface area contributed by atoms with Gasteiger partial charge in [0.15, 0.2) is 0 Å². The molecular formula is C22H29N3O. The fourth-order valence-corrected chi connectivity index (χ4v) is 3.46. The molecule has 1 saturated heterocycles. The standard InChI is InChI=1S/C22H29N3O/c1-16-7-9-19(10-8-16)14-25-12-11-20(15-25)13-23-22(26)24-21-6-4-5-17(2)18(21)3/h4-10,20H,11-15H2,1-3H3,(H2,23,24,26)/t20-/m0/s1. The van der Waals surface area contributed by atoms with Crippen molar-refractivity contribution in [2.24, 2.45) is 5.92 Å². The Bertz CT molecular complexity index is 754. The molecule has 1 fully saturated rings. The van der Waals surface area contributed by atoms with E-state index in [1.165, 1.54) is 16.7 Å². The molecule has 4 nitrogen and oxygen atoms in total. The number of likely N-dealkylation sites (tertiary alicyclic amines) is 1. The SMILES string of the molecule is Cc1ccc(CN2CC[C@@H](CNC(=O)Nc3cccc(C)c3C)C2)cc1. The first-order valence-corrected chi connectivity index (χ1v) is 9.40. The number of hydrogen-bond acceptors (Lipinski definition) is 2. The Labute approximate surface area is 156 Å². The highest BCUT2D eigenvalue weighted by Crippen LogP contribution is 2.19. The van der Waals surface area contributed by atoms with Crippen LogP contribution < -0.4 is 10.6 Å². The third-order valence-corrected chi connectivity index (χ3v) is 5.30. The van der Waals surface area contributed by atoms with Crippen LogP contribution in [-0.2, 0) is 6.54 Å². The monoisotopic (exact) mass is 351 g/mol. The van der Waals surface area contributed by atoms with Gasteiger partial charge in [-0.25, -0.2) is 4.79 Å². The molecule has 2 N–H and O–H groups in total. The molecule has 0 saturated carbocycles. The Morgan fingerprint density at radius 1 is 1.12 bits per heavy atom. The Hall–Kier alpha value is -2.33. The van der Waals surface area contributed by atoms with Crippen LogP contribution in [0.2, 0.25) is 0 Å². The van der Waals surface area contributed by atoms with Gasteiger partial charge >= 0.3 is 6.03 Å². The van der Waals surface area contributed by atoms with E-state index in [-0.39, 0.29) is 6.03 Å². The molecule has 2 aromatic carbocycles. The van der Waals surface area contributed by atoms with Crippen LogP contribution in [0.1, 0.15) is 28.7 Å². The van der Waals surface area contributed by atoms with Crippen LogP contribution in [0.4, 0.5) is 10.5 Å². The van der Waals surface area contributed by atoms with E-state index < -0.39 is 0 Å². The number of carbonyl (C=O) groups excluding carboxylic acids is 1. The Morgan fingerprint density at radius 2 is 1.88 bits per heavy atom. The number of nitrogens with zero attached hydrogens (tertiary/aromatic N) is 1. The third kappa shape index (κ3) is 4.85. The number of urea groups is 1. The first-order chi connectivity index (χ1) is 12.5. The second-order valence-electron chi connectivity index (χ2n) is 7.46. The van der Waals surface area contributed by atoms with Gasteiger partial charge in [0.1, 0.15) is 0 Å². The van der Waals surface area contributed by atoms with E-state index in [4.69, 9.17) is 0 Å². The summed E-state index contributed by atoms with van der Waals surface area (Å²) >= 11 is 0. The summed E-state index contributed by atoms with van der Waals surface area (Å²) in [7, 11) is 0. The number of anilines is 1. The van der Waals surface area contributed by atoms with Crippen LogP contribution >= 0.6 is 0 Å². The fourth-order valence-electron chi connectivity index (χ4n) is 3.46. The predicted octanol–water partition coefficient (Wildman–Crippen LogP) is 4.26. The number of rotatable bonds is 5. The maximum Gasteiger partial charge on any atom is 0.319 e. The second-order valence-corrected chi connectivity index (χ2v) is 7.46. The van der Waals surface area contributed by atoms with E-state index in [0.717, 1.165) is 43.9 Å². The maximum absolute atomic E-state index is 12.2. The summed E-state index contributed by atoms with van der Waals surface area (Å²) in [6, 6.07) is 14.6. The van der Waals surface area contributed by atoms with Crippen LogP contribution in [0.25, 0.3) is 0 Å². The van der Waals surface area contributed by atoms with Gasteiger partial charge in [-0.3, -0.25) is 4.90 Å². The molecule has 2 aromatic rings. The molecular weight excluding hydrogens is 322 g/mol. The quantitative estimate of drug-likeness (QED) is 0.845. The molecule has 1 aliphatic heterocycles. The predicted molar refractivity (Wildman–Crippen MR) is 108 cm³/mol. The molecule has 0 bridgehead atoms. The molecule has 0 radical (unpaired) electrons. The van der Waals surface area contributed by atoms with Crippen molar-refractivity contribution in [1.82, 2.24) is 10.2 Å². The van der Waals surface area contributed by atoms with Gasteiger partial charge in [-0.05, 0) is 62.4 Å². The maximum atomic E-state index is 12.2. The van der Waals surface area contributed by atoms with Crippen LogP contribution in [0.15, 0.2) is 42.5 Å². The molecule has 26 heavy (non-hydrogen) atoms. The fraction of sp³-hybridized carbons (Fsp3) is 0.409. The Kier molecular flexibility index (Phi) is 5.94. The third-order valence-electron chi connectivity index (χ3n) is 5.30. The van der Waals surface area contributed by atoms with Crippen LogP contribution in [0.5, 0.6) is 0 Å². The zero-order valence-electron chi connectivity index (χ0n) is 16.0. The summed E-state index contributed by atoms with van der Waals surface area (Å²) in [6.07, 6.45) is 1.13. The first-order valence-electron chi connectivity index (χ1n) is 9.40. The lowest BCUT2D eigenvalue weighted by Crippen LogP contribution is -2.34. The van der Waals surface area contributed by atoms with Crippen molar-refractivity contribution in [3.8, 4) is 0 Å². The Morgan fingerprint density at radius 3 is 2.65 bits per heavy atom. The number of nitrogens with one attached hydrogen (secondary N) is 2. The molecule has 1 heterocycles. The summed E-state index contributed by atoms with van der Waals surface area (Å²) in [5.41, 5.74) is 5.84. The molecule has 2 amide bonds. The van der Waals surface area contributed by atoms with E-state index in [9.17, 15) is 4.79 Å². The van der Waals surface area contributed by atoms with Crippen LogP contribution in [0.3, 0.4) is 0 Å². The van der Waals surface area contributed by atoms with Crippen molar-refractivity contribution in [3.63, 3.8) is 0 Å². The molecule has 1 aliphatic rings. The van der Waals surface area contributed by atoms with Crippen molar-refractivity contribution in [2.75, 3.05) is 25.0 Å². The van der Waals surface area contributed by atoms with Gasteiger partial charge < -0.3 is 10.6 Å². The van der Waals surface area contributed by atoms with E-state index in [2.05, 4.69) is 59.7 Å². The Balaban J connectivity index is 1.43. The number of amides is 2. The summed E-state index contributed by atoms with van der Waals surface area (Å²) in [6.45, 7) is 10.1. The molecule has 1 atom stereocenters. The highest BCUT2D eigenvalue weighted by Gasteiger charge is 2.22. The summed E-state index contributed by atoms with van der Waals surface area (Å²) < 4.78 is 0. The molecule has 3 rings (SSSR count). The van der Waals surface area contributed by atoms with Gasteiger partial charge in [-0.15, -0.1) is 0 Å². The van der Waals surface area contributed by atoms with Crippen molar-refractivity contribution < 1.29 is 4.79 Å². The average molecular weight is 351 g/mol. The number of benzene rings is 2. The second kappa shape index (κ2) is 8.37. The highest BCUT2D eigenvalue weighted by atomic mass is 16.2. The number of hydrogen-bond donors (Lipinski definition) is 2. The summed E-state index contributed by atoms with van der Waals surface area (Å²) in [5, 5.41) is 6.00. The molecule has 0 aromatic heterocycles. The molecule has 4 heteroatoms. The molecule has 0 aliphatic carbocycles. The smallest absolute Gasteiger partial charge is 0.319 e. The zero-order chi connectivity index (χ0) is 18.5. The van der Waals surface area contributed by atoms with Gasteiger partial charge in [0.05, 0.1) is 0 Å².